The van der Waals surface area contributed by atoms with E-state index in [9.17, 15) is 4.79 Å². The molecule has 0 aliphatic heterocycles. The molecule has 0 aliphatic rings. The summed E-state index contributed by atoms with van der Waals surface area (Å²) in [5.41, 5.74) is 2.86. The first-order valence-electron chi connectivity index (χ1n) is 8.47. The molecular formula is C21H20ClN3O. The number of aromatic nitrogens is 1. The Bertz CT molecular complexity index is 801. The number of nitrogens with one attached hydrogen (secondary N) is 2. The molecule has 3 aromatic rings. The molecule has 0 radical (unpaired) electrons. The van der Waals surface area contributed by atoms with Gasteiger partial charge in [-0.1, -0.05) is 60.1 Å². The Labute approximate surface area is 158 Å². The number of carbonyl (C=O) groups excluding carboxylic acids is 1. The fourth-order valence-corrected chi connectivity index (χ4v) is 2.93. The lowest BCUT2D eigenvalue weighted by Crippen LogP contribution is -2.39. The monoisotopic (exact) mass is 365 g/mol. The van der Waals surface area contributed by atoms with E-state index >= 15 is 0 Å². The van der Waals surface area contributed by atoms with Gasteiger partial charge in [-0.05, 0) is 41.8 Å². The summed E-state index contributed by atoms with van der Waals surface area (Å²) in [5.74, 6) is 0. The maximum atomic E-state index is 12.4. The number of rotatable bonds is 6. The molecule has 4 nitrogen and oxygen atoms in total. The van der Waals surface area contributed by atoms with Crippen molar-refractivity contribution >= 4 is 17.6 Å². The second kappa shape index (κ2) is 9.02. The van der Waals surface area contributed by atoms with Gasteiger partial charge in [-0.2, -0.15) is 0 Å². The van der Waals surface area contributed by atoms with Gasteiger partial charge in [0.05, 0.1) is 11.7 Å². The van der Waals surface area contributed by atoms with Gasteiger partial charge in [0.2, 0.25) is 0 Å². The quantitative estimate of drug-likeness (QED) is 0.681. The minimum absolute atomic E-state index is 0.230. The Hall–Kier alpha value is -2.85. The minimum atomic E-state index is -0.302. The molecule has 5 heteroatoms. The van der Waals surface area contributed by atoms with E-state index < -0.39 is 0 Å². The van der Waals surface area contributed by atoms with Crippen molar-refractivity contribution in [3.05, 3.63) is 101 Å². The molecule has 1 heterocycles. The van der Waals surface area contributed by atoms with Crippen LogP contribution in [0.15, 0.2) is 79.0 Å². The third kappa shape index (κ3) is 5.07. The van der Waals surface area contributed by atoms with E-state index in [0.29, 0.717) is 18.0 Å². The topological polar surface area (TPSA) is 54.0 Å². The number of hydrogen-bond acceptors (Lipinski definition) is 2. The van der Waals surface area contributed by atoms with Crippen LogP contribution < -0.4 is 10.6 Å². The van der Waals surface area contributed by atoms with Gasteiger partial charge in [0.15, 0.2) is 0 Å². The number of nitrogens with zero attached hydrogens (tertiary/aromatic N) is 1. The minimum Gasteiger partial charge on any atom is -0.338 e. The highest BCUT2D eigenvalue weighted by Crippen LogP contribution is 2.19. The van der Waals surface area contributed by atoms with Crippen LogP contribution in [0, 0.1) is 0 Å². The normalized spacial score (nSPS) is 11.6. The number of amides is 2. The summed E-state index contributed by atoms with van der Waals surface area (Å²) in [4.78, 5) is 16.8. The van der Waals surface area contributed by atoms with Gasteiger partial charge in [-0.25, -0.2) is 4.79 Å². The van der Waals surface area contributed by atoms with Crippen LogP contribution in [-0.2, 0) is 6.42 Å². The molecule has 1 aromatic heterocycles. The van der Waals surface area contributed by atoms with Gasteiger partial charge in [-0.15, -0.1) is 0 Å². The third-order valence-electron chi connectivity index (χ3n) is 3.98. The fourth-order valence-electron chi connectivity index (χ4n) is 2.72. The maximum Gasteiger partial charge on any atom is 0.315 e. The van der Waals surface area contributed by atoms with E-state index in [0.717, 1.165) is 16.8 Å². The average Bonchev–Trinajstić information content (AvgIpc) is 2.67. The van der Waals surface area contributed by atoms with Gasteiger partial charge in [-0.3, -0.25) is 4.98 Å². The van der Waals surface area contributed by atoms with Crippen molar-refractivity contribution in [2.75, 3.05) is 6.54 Å². The van der Waals surface area contributed by atoms with Crippen LogP contribution in [0.4, 0.5) is 4.79 Å². The second-order valence-corrected chi connectivity index (χ2v) is 6.31. The first-order chi connectivity index (χ1) is 12.7. The summed E-state index contributed by atoms with van der Waals surface area (Å²) < 4.78 is 0. The van der Waals surface area contributed by atoms with Gasteiger partial charge >= 0.3 is 6.03 Å². The molecule has 2 aromatic carbocycles. The molecule has 3 rings (SSSR count). The molecule has 0 aliphatic carbocycles. The molecular weight excluding hydrogens is 346 g/mol. The van der Waals surface area contributed by atoms with Gasteiger partial charge in [0.1, 0.15) is 0 Å². The van der Waals surface area contributed by atoms with E-state index in [1.165, 1.54) is 0 Å². The number of urea groups is 1. The predicted octanol–water partition coefficient (Wildman–Crippen LogP) is 4.37. The number of benzene rings is 2. The zero-order valence-electron chi connectivity index (χ0n) is 14.2. The number of carbonyl (C=O) groups is 1. The molecule has 0 spiro atoms. The lowest BCUT2D eigenvalue weighted by molar-refractivity contribution is 0.238. The Kier molecular flexibility index (Phi) is 6.23. The third-order valence-corrected chi connectivity index (χ3v) is 4.22. The number of pyridine rings is 1. The summed E-state index contributed by atoms with van der Waals surface area (Å²) >= 11 is 5.98. The van der Waals surface area contributed by atoms with Crippen molar-refractivity contribution in [3.8, 4) is 0 Å². The zero-order chi connectivity index (χ0) is 18.2. The molecule has 0 saturated carbocycles. The van der Waals surface area contributed by atoms with E-state index in [1.807, 2.05) is 72.8 Å². The van der Waals surface area contributed by atoms with Gasteiger partial charge in [0, 0.05) is 17.8 Å². The Morgan fingerprint density at radius 1 is 1.00 bits per heavy atom. The van der Waals surface area contributed by atoms with Crippen LogP contribution in [0.1, 0.15) is 22.9 Å². The molecule has 0 saturated heterocycles. The van der Waals surface area contributed by atoms with E-state index in [-0.39, 0.29) is 12.1 Å². The molecule has 1 unspecified atom stereocenters. The van der Waals surface area contributed by atoms with Crippen molar-refractivity contribution in [3.63, 3.8) is 0 Å². The van der Waals surface area contributed by atoms with Gasteiger partial charge in [0.25, 0.3) is 0 Å². The Morgan fingerprint density at radius 3 is 2.54 bits per heavy atom. The molecule has 2 amide bonds. The summed E-state index contributed by atoms with van der Waals surface area (Å²) in [7, 11) is 0. The highest BCUT2D eigenvalue weighted by Gasteiger charge is 2.17. The van der Waals surface area contributed by atoms with Gasteiger partial charge < -0.3 is 10.6 Å². The Morgan fingerprint density at radius 2 is 1.81 bits per heavy atom. The summed E-state index contributed by atoms with van der Waals surface area (Å²) in [6, 6.07) is 22.6. The lowest BCUT2D eigenvalue weighted by Gasteiger charge is -2.19. The number of halogens is 1. The van der Waals surface area contributed by atoms with Crippen LogP contribution in [-0.4, -0.2) is 17.6 Å². The van der Waals surface area contributed by atoms with E-state index in [1.54, 1.807) is 6.20 Å². The van der Waals surface area contributed by atoms with Crippen molar-refractivity contribution in [1.29, 1.82) is 0 Å². The summed E-state index contributed by atoms with van der Waals surface area (Å²) in [6.07, 6.45) is 2.44. The second-order valence-electron chi connectivity index (χ2n) is 5.88. The van der Waals surface area contributed by atoms with Crippen molar-refractivity contribution < 1.29 is 4.79 Å². The van der Waals surface area contributed by atoms with Crippen molar-refractivity contribution in [1.82, 2.24) is 15.6 Å². The molecule has 132 valence electrons. The van der Waals surface area contributed by atoms with Crippen molar-refractivity contribution in [2.45, 2.75) is 12.5 Å². The van der Waals surface area contributed by atoms with Crippen LogP contribution in [0.25, 0.3) is 0 Å². The smallest absolute Gasteiger partial charge is 0.315 e. The van der Waals surface area contributed by atoms with Crippen LogP contribution >= 0.6 is 11.6 Å². The van der Waals surface area contributed by atoms with E-state index in [4.69, 9.17) is 11.6 Å². The molecule has 1 atom stereocenters. The number of hydrogen-bond donors (Lipinski definition) is 2. The molecule has 0 fully saturated rings. The highest BCUT2D eigenvalue weighted by atomic mass is 35.5. The van der Waals surface area contributed by atoms with Crippen LogP contribution in [0.5, 0.6) is 0 Å². The average molecular weight is 366 g/mol. The Balaban J connectivity index is 1.62. The predicted molar refractivity (Wildman–Crippen MR) is 104 cm³/mol. The lowest BCUT2D eigenvalue weighted by atomic mass is 10.0. The summed E-state index contributed by atoms with van der Waals surface area (Å²) in [6.45, 7) is 0.524. The first-order valence-corrected chi connectivity index (χ1v) is 8.85. The molecule has 2 N–H and O–H groups in total. The van der Waals surface area contributed by atoms with E-state index in [2.05, 4.69) is 15.6 Å². The van der Waals surface area contributed by atoms with Crippen LogP contribution in [0.3, 0.4) is 0 Å². The summed E-state index contributed by atoms with van der Waals surface area (Å²) in [5, 5.41) is 6.61. The standard InChI is InChI=1S/C21H20ClN3O/c22-18-10-6-7-16(15-18)12-14-24-21(26)25-20(17-8-2-1-3-9-17)19-11-4-5-13-23-19/h1-11,13,15,20H,12,14H2,(H2,24,25,26). The largest absolute Gasteiger partial charge is 0.338 e. The molecule has 0 bridgehead atoms. The van der Waals surface area contributed by atoms with Crippen molar-refractivity contribution in [2.24, 2.45) is 0 Å². The van der Waals surface area contributed by atoms with Crippen LogP contribution in [0.2, 0.25) is 5.02 Å². The molecule has 26 heavy (non-hydrogen) atoms. The SMILES string of the molecule is O=C(NCCc1cccc(Cl)c1)NC(c1ccccc1)c1ccccn1. The first kappa shape index (κ1) is 18.0. The maximum absolute atomic E-state index is 12.4. The fraction of sp³-hybridized carbons (Fsp3) is 0.143. The highest BCUT2D eigenvalue weighted by molar-refractivity contribution is 6.30. The zero-order valence-corrected chi connectivity index (χ0v) is 15.0.